The van der Waals surface area contributed by atoms with Crippen LogP contribution >= 0.6 is 0 Å². The van der Waals surface area contributed by atoms with Crippen LogP contribution in [0.1, 0.15) is 117 Å². The van der Waals surface area contributed by atoms with Crippen LogP contribution in [0.5, 0.6) is 0 Å². The van der Waals surface area contributed by atoms with Crippen LogP contribution in [0.3, 0.4) is 0 Å². The number of hydrogen-bond acceptors (Lipinski definition) is 7. The van der Waals surface area contributed by atoms with E-state index in [9.17, 15) is 19.2 Å². The molecule has 0 fully saturated rings. The van der Waals surface area contributed by atoms with Crippen LogP contribution in [-0.4, -0.2) is 39.0 Å². The van der Waals surface area contributed by atoms with Crippen molar-refractivity contribution in [2.75, 3.05) is 0 Å². The molecule has 0 saturated heterocycles. The number of hydroxylamine groups is 2. The van der Waals surface area contributed by atoms with Crippen molar-refractivity contribution in [1.82, 2.24) is 9.63 Å². The van der Waals surface area contributed by atoms with Gasteiger partial charge < -0.3 is 14.2 Å². The molecule has 0 radical (unpaired) electrons. The number of rotatable bonds is 14. The zero-order valence-electron chi connectivity index (χ0n) is 34.8. The molecule has 9 nitrogen and oxygen atoms in total. The Morgan fingerprint density at radius 3 is 2.05 bits per heavy atom. The highest BCUT2D eigenvalue weighted by Gasteiger charge is 2.30. The second kappa shape index (κ2) is 18.0. The Labute approximate surface area is 340 Å². The minimum atomic E-state index is -0.799. The Hall–Kier alpha value is -6.09. The predicted octanol–water partition coefficient (Wildman–Crippen LogP) is 11.0. The standard InChI is InChI=1S/C49H53N3O6/c1-9-11-17-36(10-2)29-51-45-23-22-38(44(50-57-34(7)54)28-46(37-18-13-12-14-19-37)52(33(6)53)58-35(8)55)26-41(45)42-27-43(39-20-15-16-21-40(39)48(42)51)49(56)47-31(4)24-30(3)25-32(47)5/h12-16,18-27,36,46H,9-11,17,28-29H2,1-8H3/b50-44-. The van der Waals surface area contributed by atoms with E-state index < -0.39 is 23.9 Å². The van der Waals surface area contributed by atoms with Crippen molar-refractivity contribution in [2.24, 2.45) is 11.1 Å². The zero-order chi connectivity index (χ0) is 41.7. The van der Waals surface area contributed by atoms with Crippen molar-refractivity contribution >= 4 is 61.9 Å². The zero-order valence-corrected chi connectivity index (χ0v) is 34.8. The Morgan fingerprint density at radius 2 is 1.43 bits per heavy atom. The largest absolute Gasteiger partial charge is 0.340 e. The number of carbonyl (C=O) groups excluding carboxylic acids is 4. The fourth-order valence-electron chi connectivity index (χ4n) is 8.38. The van der Waals surface area contributed by atoms with Gasteiger partial charge in [0, 0.05) is 72.1 Å². The second-order valence-electron chi connectivity index (χ2n) is 15.4. The minimum Gasteiger partial charge on any atom is -0.340 e. The number of aromatic nitrogens is 1. The number of aryl methyl sites for hydroxylation is 3. The molecule has 0 spiro atoms. The molecule has 1 aromatic heterocycles. The molecule has 2 atom stereocenters. The summed E-state index contributed by atoms with van der Waals surface area (Å²) in [6, 6.07) is 28.8. The quantitative estimate of drug-likeness (QED) is 0.0471. The van der Waals surface area contributed by atoms with Crippen molar-refractivity contribution in [3.8, 4) is 0 Å². The van der Waals surface area contributed by atoms with Gasteiger partial charge in [0.25, 0.3) is 5.91 Å². The summed E-state index contributed by atoms with van der Waals surface area (Å²) in [5.74, 6) is -1.34. The van der Waals surface area contributed by atoms with E-state index in [1.165, 1.54) is 20.8 Å². The third-order valence-electron chi connectivity index (χ3n) is 11.0. The number of nitrogens with zero attached hydrogens (tertiary/aromatic N) is 3. The van der Waals surface area contributed by atoms with E-state index in [4.69, 9.17) is 9.68 Å². The fraction of sp³-hybridized carbons (Fsp3) is 0.327. The molecule has 6 aromatic rings. The molecule has 0 aliphatic carbocycles. The average molecular weight is 780 g/mol. The van der Waals surface area contributed by atoms with Gasteiger partial charge in [0.1, 0.15) is 6.04 Å². The molecular formula is C49H53N3O6. The van der Waals surface area contributed by atoms with Crippen molar-refractivity contribution in [2.45, 2.75) is 100 Å². The Bertz CT molecular complexity index is 2530. The fourth-order valence-corrected chi connectivity index (χ4v) is 8.38. The van der Waals surface area contributed by atoms with Crippen molar-refractivity contribution in [3.63, 3.8) is 0 Å². The molecule has 300 valence electrons. The van der Waals surface area contributed by atoms with E-state index in [-0.39, 0.29) is 12.2 Å². The maximum atomic E-state index is 14.8. The van der Waals surface area contributed by atoms with Gasteiger partial charge in [-0.1, -0.05) is 117 Å². The molecular weight excluding hydrogens is 727 g/mol. The third-order valence-corrected chi connectivity index (χ3v) is 11.0. The molecule has 1 amide bonds. The van der Waals surface area contributed by atoms with E-state index in [1.54, 1.807) is 0 Å². The number of ketones is 1. The van der Waals surface area contributed by atoms with Crippen LogP contribution in [0.2, 0.25) is 0 Å². The Kier molecular flexibility index (Phi) is 12.9. The Morgan fingerprint density at radius 1 is 0.759 bits per heavy atom. The minimum absolute atomic E-state index is 0.0304. The van der Waals surface area contributed by atoms with E-state index in [0.717, 1.165) is 86.6 Å². The normalized spacial score (nSPS) is 12.8. The van der Waals surface area contributed by atoms with Crippen LogP contribution in [0.15, 0.2) is 96.2 Å². The van der Waals surface area contributed by atoms with Gasteiger partial charge in [-0.3, -0.25) is 14.4 Å². The first-order valence-electron chi connectivity index (χ1n) is 20.2. The summed E-state index contributed by atoms with van der Waals surface area (Å²) in [5.41, 5.74) is 8.06. The number of fused-ring (bicyclic) bond motifs is 5. The lowest BCUT2D eigenvalue weighted by molar-refractivity contribution is -0.204. The van der Waals surface area contributed by atoms with Gasteiger partial charge in [-0.05, 0) is 73.4 Å². The SMILES string of the molecule is CCCCC(CC)Cn1c2ccc(/C(CC(c3ccccc3)N(OC(C)=O)C(C)=O)=N\OC(C)=O)cc2c2cc(C(=O)c3c(C)cc(C)cc3C)c3ccccc3c21. The van der Waals surface area contributed by atoms with Crippen LogP contribution in [0, 0.1) is 26.7 Å². The van der Waals surface area contributed by atoms with E-state index in [1.807, 2.05) is 87.5 Å². The summed E-state index contributed by atoms with van der Waals surface area (Å²) >= 11 is 0. The molecule has 9 heteroatoms. The molecule has 0 saturated carbocycles. The van der Waals surface area contributed by atoms with Crippen LogP contribution in [-0.2, 0) is 30.6 Å². The van der Waals surface area contributed by atoms with Crippen molar-refractivity contribution in [3.05, 3.63) is 130 Å². The number of unbranched alkanes of at least 4 members (excludes halogenated alkanes) is 1. The van der Waals surface area contributed by atoms with Crippen LogP contribution < -0.4 is 0 Å². The van der Waals surface area contributed by atoms with Gasteiger partial charge >= 0.3 is 11.9 Å². The van der Waals surface area contributed by atoms with Crippen LogP contribution in [0.4, 0.5) is 0 Å². The summed E-state index contributed by atoms with van der Waals surface area (Å²) in [6.45, 7) is 15.1. The lowest BCUT2D eigenvalue weighted by Crippen LogP contribution is -2.36. The van der Waals surface area contributed by atoms with Gasteiger partial charge in [-0.15, -0.1) is 0 Å². The van der Waals surface area contributed by atoms with Crippen molar-refractivity contribution < 1.29 is 28.9 Å². The Balaban J connectivity index is 1.63. The van der Waals surface area contributed by atoms with Gasteiger partial charge in [0.2, 0.25) is 0 Å². The topological polar surface area (TPSA) is 107 Å². The number of hydrogen-bond donors (Lipinski definition) is 0. The first-order chi connectivity index (χ1) is 27.8. The lowest BCUT2D eigenvalue weighted by Gasteiger charge is -2.29. The van der Waals surface area contributed by atoms with E-state index in [2.05, 4.69) is 47.8 Å². The smallest absolute Gasteiger partial charge is 0.331 e. The van der Waals surface area contributed by atoms with Gasteiger partial charge in [0.05, 0.1) is 11.2 Å². The maximum Gasteiger partial charge on any atom is 0.331 e. The predicted molar refractivity (Wildman–Crippen MR) is 231 cm³/mol. The molecule has 2 unspecified atom stereocenters. The van der Waals surface area contributed by atoms with E-state index in [0.29, 0.717) is 33.9 Å². The second-order valence-corrected chi connectivity index (χ2v) is 15.4. The van der Waals surface area contributed by atoms with Gasteiger partial charge in [-0.2, -0.15) is 5.06 Å². The first-order valence-corrected chi connectivity index (χ1v) is 20.2. The summed E-state index contributed by atoms with van der Waals surface area (Å²) in [6.07, 6.45) is 4.42. The maximum absolute atomic E-state index is 14.8. The molecule has 0 aliphatic heterocycles. The molecule has 0 aliphatic rings. The van der Waals surface area contributed by atoms with Crippen molar-refractivity contribution in [1.29, 1.82) is 0 Å². The monoisotopic (exact) mass is 779 g/mol. The molecule has 6 rings (SSSR count). The molecule has 0 bridgehead atoms. The molecule has 5 aromatic carbocycles. The van der Waals surface area contributed by atoms with Gasteiger partial charge in [0.15, 0.2) is 5.78 Å². The highest BCUT2D eigenvalue weighted by atomic mass is 16.7. The summed E-state index contributed by atoms with van der Waals surface area (Å²) in [5, 5.41) is 9.12. The number of benzene rings is 5. The highest BCUT2D eigenvalue weighted by molar-refractivity contribution is 6.26. The first kappa shape index (κ1) is 41.5. The summed E-state index contributed by atoms with van der Waals surface area (Å²) < 4.78 is 2.41. The average Bonchev–Trinajstić information content (AvgIpc) is 3.50. The van der Waals surface area contributed by atoms with Crippen LogP contribution in [0.25, 0.3) is 32.6 Å². The lowest BCUT2D eigenvalue weighted by atomic mass is 9.89. The number of amides is 1. The van der Waals surface area contributed by atoms with E-state index >= 15 is 0 Å². The summed E-state index contributed by atoms with van der Waals surface area (Å²) in [7, 11) is 0. The highest BCUT2D eigenvalue weighted by Crippen LogP contribution is 2.40. The third kappa shape index (κ3) is 8.74. The molecule has 0 N–H and O–H groups in total. The molecule has 58 heavy (non-hydrogen) atoms. The summed E-state index contributed by atoms with van der Waals surface area (Å²) in [4.78, 5) is 63.1. The van der Waals surface area contributed by atoms with Gasteiger partial charge in [-0.25, -0.2) is 4.79 Å². The number of carbonyl (C=O) groups is 4. The molecule has 1 heterocycles. The number of oxime groups is 1.